The number of carbonyl (C=O) groups excluding carboxylic acids is 2. The molecule has 0 radical (unpaired) electrons. The first kappa shape index (κ1) is 20.1. The third kappa shape index (κ3) is 3.36. The van der Waals surface area contributed by atoms with Gasteiger partial charge >= 0.3 is 0 Å². The Morgan fingerprint density at radius 1 is 1.22 bits per heavy atom. The van der Waals surface area contributed by atoms with Crippen molar-refractivity contribution in [3.05, 3.63) is 88.6 Å². The lowest BCUT2D eigenvalue weighted by Gasteiger charge is -2.23. The second kappa shape index (κ2) is 7.67. The van der Waals surface area contributed by atoms with E-state index in [0.717, 1.165) is 16.9 Å². The molecule has 3 aromatic rings. The third-order valence-corrected chi connectivity index (χ3v) is 5.82. The van der Waals surface area contributed by atoms with Gasteiger partial charge in [-0.15, -0.1) is 0 Å². The number of ether oxygens (including phenoxy) is 1. The largest absolute Gasteiger partial charge is 0.507 e. The Hall–Kier alpha value is -3.87. The van der Waals surface area contributed by atoms with E-state index in [1.807, 2.05) is 19.1 Å². The number of aryl methyl sites for hydroxylation is 1. The molecule has 0 saturated carbocycles. The minimum absolute atomic E-state index is 0.0140. The van der Waals surface area contributed by atoms with Crippen LogP contribution in [0, 0.1) is 6.92 Å². The molecule has 1 amide bonds. The molecule has 2 aromatic heterocycles. The van der Waals surface area contributed by atoms with Gasteiger partial charge in [-0.2, -0.15) is 0 Å². The maximum Gasteiger partial charge on any atom is 0.296 e. The number of benzene rings is 1. The summed E-state index contributed by atoms with van der Waals surface area (Å²) in [6.07, 6.45) is 4.06. The van der Waals surface area contributed by atoms with E-state index in [1.165, 1.54) is 4.90 Å². The SMILES string of the molecule is Cc1ccc([C@@H]2/C(=C(\O)c3ccc4c(c3)C[C@@H](C)O4)C(=O)C(=O)N2Cc2cccnc2)o1. The molecular weight excluding hydrogens is 408 g/mol. The van der Waals surface area contributed by atoms with E-state index in [1.54, 1.807) is 49.6 Å². The fourth-order valence-corrected chi connectivity index (χ4v) is 4.35. The number of ketones is 1. The number of amides is 1. The molecule has 0 unspecified atom stereocenters. The molecule has 2 aliphatic rings. The minimum atomic E-state index is -0.840. The van der Waals surface area contributed by atoms with E-state index in [-0.39, 0.29) is 24.0 Å². The van der Waals surface area contributed by atoms with Crippen molar-refractivity contribution in [1.82, 2.24) is 9.88 Å². The number of hydrogen-bond donors (Lipinski definition) is 1. The smallest absolute Gasteiger partial charge is 0.296 e. The zero-order valence-corrected chi connectivity index (χ0v) is 17.7. The molecule has 1 saturated heterocycles. The average molecular weight is 430 g/mol. The van der Waals surface area contributed by atoms with Crippen molar-refractivity contribution >= 4 is 17.4 Å². The molecule has 1 aromatic carbocycles. The second-order valence-electron chi connectivity index (χ2n) is 8.19. The highest BCUT2D eigenvalue weighted by molar-refractivity contribution is 6.46. The van der Waals surface area contributed by atoms with E-state index in [0.29, 0.717) is 23.5 Å². The van der Waals surface area contributed by atoms with Crippen molar-refractivity contribution in [3.63, 3.8) is 0 Å². The number of nitrogens with zero attached hydrogens (tertiary/aromatic N) is 2. The number of fused-ring (bicyclic) bond motifs is 1. The molecule has 162 valence electrons. The van der Waals surface area contributed by atoms with Gasteiger partial charge in [0.15, 0.2) is 0 Å². The molecule has 2 atom stereocenters. The van der Waals surface area contributed by atoms with Gasteiger partial charge in [0.05, 0.1) is 5.57 Å². The average Bonchev–Trinajstić information content (AvgIpc) is 3.44. The van der Waals surface area contributed by atoms with Crippen LogP contribution in [0.5, 0.6) is 5.75 Å². The number of hydrogen-bond acceptors (Lipinski definition) is 6. The number of aromatic nitrogens is 1. The molecule has 32 heavy (non-hydrogen) atoms. The van der Waals surface area contributed by atoms with Crippen LogP contribution >= 0.6 is 0 Å². The van der Waals surface area contributed by atoms with Gasteiger partial charge < -0.3 is 19.2 Å². The molecule has 1 N–H and O–H groups in total. The van der Waals surface area contributed by atoms with Gasteiger partial charge in [-0.05, 0) is 61.4 Å². The number of rotatable bonds is 4. The zero-order valence-electron chi connectivity index (χ0n) is 17.7. The lowest BCUT2D eigenvalue weighted by atomic mass is 9.97. The Morgan fingerprint density at radius 3 is 2.78 bits per heavy atom. The summed E-state index contributed by atoms with van der Waals surface area (Å²) in [4.78, 5) is 31.6. The predicted octanol–water partition coefficient (Wildman–Crippen LogP) is 3.93. The fourth-order valence-electron chi connectivity index (χ4n) is 4.35. The van der Waals surface area contributed by atoms with Gasteiger partial charge in [-0.25, -0.2) is 0 Å². The molecule has 0 bridgehead atoms. The molecule has 2 aliphatic heterocycles. The van der Waals surface area contributed by atoms with Crippen LogP contribution in [-0.4, -0.2) is 32.8 Å². The molecule has 1 fully saturated rings. The van der Waals surface area contributed by atoms with Crippen molar-refractivity contribution in [3.8, 4) is 5.75 Å². The Bertz CT molecular complexity index is 1240. The van der Waals surface area contributed by atoms with Crippen molar-refractivity contribution in [2.24, 2.45) is 0 Å². The van der Waals surface area contributed by atoms with Crippen LogP contribution in [0.1, 0.15) is 41.2 Å². The highest BCUT2D eigenvalue weighted by atomic mass is 16.5. The Labute approximate surface area is 184 Å². The Morgan fingerprint density at radius 2 is 2.06 bits per heavy atom. The standard InChI is InChI=1S/C25H22N2O5/c1-14-5-7-20(31-14)22-21(23(28)17-6-8-19-18(11-17)10-15(2)32-19)24(29)25(30)27(22)13-16-4-3-9-26-12-16/h3-9,11-12,15,22,28H,10,13H2,1-2H3/b23-21+/t15-,22-/m1/s1. The third-order valence-electron chi connectivity index (χ3n) is 5.82. The topological polar surface area (TPSA) is 92.9 Å². The number of aliphatic hydroxyl groups excluding tert-OH is 1. The maximum atomic E-state index is 13.1. The van der Waals surface area contributed by atoms with Gasteiger partial charge in [-0.3, -0.25) is 14.6 Å². The number of Topliss-reactive ketones (excluding diaryl/α,β-unsaturated/α-hetero) is 1. The van der Waals surface area contributed by atoms with E-state index in [2.05, 4.69) is 4.98 Å². The lowest BCUT2D eigenvalue weighted by Crippen LogP contribution is -2.29. The van der Waals surface area contributed by atoms with Crippen LogP contribution < -0.4 is 4.74 Å². The summed E-state index contributed by atoms with van der Waals surface area (Å²) in [5.74, 6) is 0.187. The molecule has 7 heteroatoms. The predicted molar refractivity (Wildman–Crippen MR) is 116 cm³/mol. The summed E-state index contributed by atoms with van der Waals surface area (Å²) < 4.78 is 11.5. The summed E-state index contributed by atoms with van der Waals surface area (Å²) in [7, 11) is 0. The first-order valence-corrected chi connectivity index (χ1v) is 10.5. The molecule has 0 spiro atoms. The van der Waals surface area contributed by atoms with Crippen molar-refractivity contribution in [1.29, 1.82) is 0 Å². The summed E-state index contributed by atoms with van der Waals surface area (Å²) >= 11 is 0. The van der Waals surface area contributed by atoms with Crippen LogP contribution in [0.25, 0.3) is 5.76 Å². The summed E-state index contributed by atoms with van der Waals surface area (Å²) in [5, 5.41) is 11.2. The summed E-state index contributed by atoms with van der Waals surface area (Å²) in [6, 6.07) is 11.6. The minimum Gasteiger partial charge on any atom is -0.507 e. The summed E-state index contributed by atoms with van der Waals surface area (Å²) in [5.41, 5.74) is 2.21. The molecule has 5 rings (SSSR count). The first-order chi connectivity index (χ1) is 15.4. The van der Waals surface area contributed by atoms with E-state index in [4.69, 9.17) is 9.15 Å². The highest BCUT2D eigenvalue weighted by Crippen LogP contribution is 2.41. The normalized spacial score (nSPS) is 21.6. The highest BCUT2D eigenvalue weighted by Gasteiger charge is 2.47. The molecular formula is C25H22N2O5. The molecule has 4 heterocycles. The fraction of sp³-hybridized carbons (Fsp3) is 0.240. The van der Waals surface area contributed by atoms with Crippen LogP contribution in [0.3, 0.4) is 0 Å². The number of likely N-dealkylation sites (tertiary alicyclic amines) is 1. The van der Waals surface area contributed by atoms with E-state index >= 15 is 0 Å². The molecule has 0 aliphatic carbocycles. The van der Waals surface area contributed by atoms with Gasteiger partial charge in [0.1, 0.15) is 35.2 Å². The number of pyridine rings is 1. The van der Waals surface area contributed by atoms with Crippen molar-refractivity contribution in [2.45, 2.75) is 39.0 Å². The Kier molecular flexibility index (Phi) is 4.81. The quantitative estimate of drug-likeness (QED) is 0.383. The van der Waals surface area contributed by atoms with Crippen molar-refractivity contribution in [2.75, 3.05) is 0 Å². The number of aliphatic hydroxyl groups is 1. The van der Waals surface area contributed by atoms with Crippen LogP contribution in [0.15, 0.2) is 64.8 Å². The van der Waals surface area contributed by atoms with E-state index < -0.39 is 17.7 Å². The second-order valence-corrected chi connectivity index (χ2v) is 8.19. The first-order valence-electron chi connectivity index (χ1n) is 10.5. The van der Waals surface area contributed by atoms with Gasteiger partial charge in [0, 0.05) is 30.9 Å². The summed E-state index contributed by atoms with van der Waals surface area (Å²) in [6.45, 7) is 3.93. The number of carbonyl (C=O) groups is 2. The number of furan rings is 1. The lowest BCUT2D eigenvalue weighted by molar-refractivity contribution is -0.140. The molecule has 7 nitrogen and oxygen atoms in total. The van der Waals surface area contributed by atoms with Gasteiger partial charge in [-0.1, -0.05) is 6.07 Å². The van der Waals surface area contributed by atoms with Crippen LogP contribution in [0.4, 0.5) is 0 Å². The zero-order chi connectivity index (χ0) is 22.4. The van der Waals surface area contributed by atoms with Gasteiger partial charge in [0.25, 0.3) is 11.7 Å². The van der Waals surface area contributed by atoms with Gasteiger partial charge in [0.2, 0.25) is 0 Å². The van der Waals surface area contributed by atoms with Crippen molar-refractivity contribution < 1.29 is 23.8 Å². The van der Waals surface area contributed by atoms with Crippen LogP contribution in [-0.2, 0) is 22.6 Å². The van der Waals surface area contributed by atoms with Crippen LogP contribution in [0.2, 0.25) is 0 Å². The monoisotopic (exact) mass is 430 g/mol. The Balaban J connectivity index is 1.62. The van der Waals surface area contributed by atoms with E-state index in [9.17, 15) is 14.7 Å². The maximum absolute atomic E-state index is 13.1.